The lowest BCUT2D eigenvalue weighted by Gasteiger charge is -2.26. The second-order valence-corrected chi connectivity index (χ2v) is 3.41. The zero-order valence-corrected chi connectivity index (χ0v) is 8.81. The molecule has 2 atom stereocenters. The molecule has 0 aromatic carbocycles. The molecule has 7 nitrogen and oxygen atoms in total. The molecular weight excluding hydrogens is 198 g/mol. The van der Waals surface area contributed by atoms with Gasteiger partial charge in [-0.05, 0) is 19.8 Å². The van der Waals surface area contributed by atoms with Crippen LogP contribution in [0.15, 0.2) is 0 Å². The van der Waals surface area contributed by atoms with E-state index in [1.54, 1.807) is 6.92 Å². The van der Waals surface area contributed by atoms with Gasteiger partial charge in [-0.15, -0.1) is 0 Å². The molecule has 2 unspecified atom stereocenters. The normalized spacial score (nSPS) is 14.3. The molecule has 8 N–H and O–H groups in total. The SMILES string of the molecule is CC(N)N(CCCC(N)C(=O)O)C(=N)N. The number of carboxylic acid groups (broad SMARTS) is 1. The summed E-state index contributed by atoms with van der Waals surface area (Å²) < 4.78 is 0. The van der Waals surface area contributed by atoms with Crippen LogP contribution in [0.5, 0.6) is 0 Å². The monoisotopic (exact) mass is 217 g/mol. The molecule has 7 heteroatoms. The van der Waals surface area contributed by atoms with Crippen molar-refractivity contribution >= 4 is 11.9 Å². The summed E-state index contributed by atoms with van der Waals surface area (Å²) in [6.07, 6.45) is 0.518. The first-order valence-corrected chi connectivity index (χ1v) is 4.71. The van der Waals surface area contributed by atoms with Crippen molar-refractivity contribution in [3.63, 3.8) is 0 Å². The predicted octanol–water partition coefficient (Wildman–Crippen LogP) is -1.32. The number of nitrogens with zero attached hydrogens (tertiary/aromatic N) is 1. The van der Waals surface area contributed by atoms with E-state index in [0.29, 0.717) is 19.4 Å². The molecule has 0 saturated heterocycles. The Balaban J connectivity index is 3.92. The number of hydrogen-bond acceptors (Lipinski definition) is 4. The molecule has 0 aromatic heterocycles. The van der Waals surface area contributed by atoms with Gasteiger partial charge in [0.1, 0.15) is 6.04 Å². The first-order chi connectivity index (χ1) is 6.86. The first kappa shape index (κ1) is 13.7. The summed E-state index contributed by atoms with van der Waals surface area (Å²) in [6, 6.07) is -0.869. The van der Waals surface area contributed by atoms with Crippen molar-refractivity contribution in [3.8, 4) is 0 Å². The van der Waals surface area contributed by atoms with Crippen LogP contribution in [0.25, 0.3) is 0 Å². The number of nitrogens with one attached hydrogen (secondary N) is 1. The fraction of sp³-hybridized carbons (Fsp3) is 0.750. The Morgan fingerprint density at radius 2 is 2.07 bits per heavy atom. The van der Waals surface area contributed by atoms with E-state index in [4.69, 9.17) is 27.7 Å². The molecule has 0 saturated carbocycles. The third-order valence-corrected chi connectivity index (χ3v) is 2.03. The van der Waals surface area contributed by atoms with Crippen molar-refractivity contribution in [2.75, 3.05) is 6.54 Å². The maximum Gasteiger partial charge on any atom is 0.320 e. The lowest BCUT2D eigenvalue weighted by Crippen LogP contribution is -2.47. The quantitative estimate of drug-likeness (QED) is 0.212. The highest BCUT2D eigenvalue weighted by atomic mass is 16.4. The number of carboxylic acids is 1. The van der Waals surface area contributed by atoms with Crippen LogP contribution in [0, 0.1) is 5.41 Å². The van der Waals surface area contributed by atoms with Crippen LogP contribution in [0.1, 0.15) is 19.8 Å². The molecule has 0 bridgehead atoms. The second kappa shape index (κ2) is 6.20. The molecule has 0 aliphatic rings. The van der Waals surface area contributed by atoms with Gasteiger partial charge in [0, 0.05) is 6.54 Å². The number of guanidine groups is 1. The number of hydrogen-bond donors (Lipinski definition) is 5. The number of carbonyl (C=O) groups is 1. The van der Waals surface area contributed by atoms with Crippen molar-refractivity contribution in [1.29, 1.82) is 5.41 Å². The maximum atomic E-state index is 10.4. The molecule has 0 amide bonds. The summed E-state index contributed by atoms with van der Waals surface area (Å²) in [5.74, 6) is -1.14. The Labute approximate surface area is 88.7 Å². The van der Waals surface area contributed by atoms with E-state index in [0.717, 1.165) is 0 Å². The van der Waals surface area contributed by atoms with Gasteiger partial charge in [0.15, 0.2) is 5.96 Å². The number of aliphatic carboxylic acids is 1. The second-order valence-electron chi connectivity index (χ2n) is 3.41. The molecule has 0 aromatic rings. The van der Waals surface area contributed by atoms with Gasteiger partial charge in [0.25, 0.3) is 0 Å². The van der Waals surface area contributed by atoms with Gasteiger partial charge in [-0.25, -0.2) is 0 Å². The largest absolute Gasteiger partial charge is 0.480 e. The minimum absolute atomic E-state index is 0.117. The summed E-state index contributed by atoms with van der Waals surface area (Å²) in [7, 11) is 0. The van der Waals surface area contributed by atoms with E-state index in [1.807, 2.05) is 0 Å². The molecule has 0 rings (SSSR count). The van der Waals surface area contributed by atoms with Crippen molar-refractivity contribution in [2.45, 2.75) is 32.0 Å². The average molecular weight is 217 g/mol. The van der Waals surface area contributed by atoms with Crippen LogP contribution in [-0.2, 0) is 4.79 Å². The van der Waals surface area contributed by atoms with Crippen LogP contribution < -0.4 is 17.2 Å². The van der Waals surface area contributed by atoms with E-state index in [-0.39, 0.29) is 12.1 Å². The Hall–Kier alpha value is -1.34. The molecular formula is C8H19N5O2. The van der Waals surface area contributed by atoms with Crippen molar-refractivity contribution in [1.82, 2.24) is 4.90 Å². The van der Waals surface area contributed by atoms with Crippen LogP contribution in [-0.4, -0.2) is 40.7 Å². The lowest BCUT2D eigenvalue weighted by molar-refractivity contribution is -0.138. The standard InChI is InChI=1S/C8H19N5O2/c1-5(9)13(8(11)12)4-2-3-6(10)7(14)15/h5-6H,2-4,9-10H2,1H3,(H3,11,12)(H,14,15). The number of nitrogens with two attached hydrogens (primary N) is 3. The molecule has 0 fully saturated rings. The highest BCUT2D eigenvalue weighted by molar-refractivity contribution is 5.75. The van der Waals surface area contributed by atoms with Crippen LogP contribution in [0.2, 0.25) is 0 Å². The summed E-state index contributed by atoms with van der Waals surface area (Å²) in [5, 5.41) is 15.8. The maximum absolute atomic E-state index is 10.4. The fourth-order valence-electron chi connectivity index (χ4n) is 1.15. The molecule has 0 spiro atoms. The zero-order chi connectivity index (χ0) is 12.0. The van der Waals surface area contributed by atoms with E-state index >= 15 is 0 Å². The van der Waals surface area contributed by atoms with E-state index in [2.05, 4.69) is 0 Å². The Kier molecular flexibility index (Phi) is 5.65. The third-order valence-electron chi connectivity index (χ3n) is 2.03. The minimum atomic E-state index is -1.02. The fourth-order valence-corrected chi connectivity index (χ4v) is 1.15. The van der Waals surface area contributed by atoms with E-state index in [9.17, 15) is 4.79 Å². The van der Waals surface area contributed by atoms with Crippen molar-refractivity contribution in [3.05, 3.63) is 0 Å². The molecule has 0 heterocycles. The lowest BCUT2D eigenvalue weighted by atomic mass is 10.1. The summed E-state index contributed by atoms with van der Waals surface area (Å²) in [6.45, 7) is 2.15. The van der Waals surface area contributed by atoms with Crippen molar-refractivity contribution in [2.24, 2.45) is 17.2 Å². The van der Waals surface area contributed by atoms with Crippen LogP contribution in [0.3, 0.4) is 0 Å². The van der Waals surface area contributed by atoms with Gasteiger partial charge in [0.2, 0.25) is 0 Å². The van der Waals surface area contributed by atoms with Crippen LogP contribution >= 0.6 is 0 Å². The molecule has 0 radical (unpaired) electrons. The topological polar surface area (TPSA) is 142 Å². The first-order valence-electron chi connectivity index (χ1n) is 4.71. The van der Waals surface area contributed by atoms with E-state index < -0.39 is 12.0 Å². The van der Waals surface area contributed by atoms with Crippen molar-refractivity contribution < 1.29 is 9.90 Å². The van der Waals surface area contributed by atoms with Gasteiger partial charge < -0.3 is 27.2 Å². The highest BCUT2D eigenvalue weighted by Gasteiger charge is 2.14. The van der Waals surface area contributed by atoms with Gasteiger partial charge in [-0.2, -0.15) is 0 Å². The molecule has 0 aliphatic carbocycles. The smallest absolute Gasteiger partial charge is 0.320 e. The summed E-state index contributed by atoms with van der Waals surface area (Å²) in [4.78, 5) is 11.9. The Morgan fingerprint density at radius 3 is 2.40 bits per heavy atom. The Bertz CT molecular complexity index is 231. The third kappa shape index (κ3) is 5.18. The van der Waals surface area contributed by atoms with Gasteiger partial charge in [-0.1, -0.05) is 0 Å². The molecule has 0 aliphatic heterocycles. The minimum Gasteiger partial charge on any atom is -0.480 e. The summed E-state index contributed by atoms with van der Waals surface area (Å²) in [5.41, 5.74) is 16.2. The number of rotatable bonds is 6. The van der Waals surface area contributed by atoms with Gasteiger partial charge >= 0.3 is 5.97 Å². The van der Waals surface area contributed by atoms with E-state index in [1.165, 1.54) is 4.90 Å². The molecule has 88 valence electrons. The Morgan fingerprint density at radius 1 is 1.53 bits per heavy atom. The van der Waals surface area contributed by atoms with Crippen LogP contribution in [0.4, 0.5) is 0 Å². The van der Waals surface area contributed by atoms with Gasteiger partial charge in [0.05, 0.1) is 6.17 Å². The zero-order valence-electron chi connectivity index (χ0n) is 8.81. The van der Waals surface area contributed by atoms with Gasteiger partial charge in [-0.3, -0.25) is 10.2 Å². The molecule has 15 heavy (non-hydrogen) atoms. The summed E-state index contributed by atoms with van der Waals surface area (Å²) >= 11 is 0. The highest BCUT2D eigenvalue weighted by Crippen LogP contribution is 2.00. The predicted molar refractivity (Wildman–Crippen MR) is 57.1 cm³/mol. The average Bonchev–Trinajstić information content (AvgIpc) is 2.10.